The number of benzene rings is 1. The van der Waals surface area contributed by atoms with Crippen LogP contribution < -0.4 is 10.5 Å². The van der Waals surface area contributed by atoms with Crippen molar-refractivity contribution in [2.75, 3.05) is 33.4 Å². The van der Waals surface area contributed by atoms with Crippen molar-refractivity contribution in [3.8, 4) is 16.3 Å². The maximum atomic E-state index is 11.9. The highest BCUT2D eigenvalue weighted by Crippen LogP contribution is 2.26. The van der Waals surface area contributed by atoms with Crippen molar-refractivity contribution in [2.45, 2.75) is 19.4 Å². The Bertz CT molecular complexity index is 723. The van der Waals surface area contributed by atoms with Gasteiger partial charge in [0, 0.05) is 36.1 Å². The lowest BCUT2D eigenvalue weighted by atomic mass is 10.1. The number of aromatic nitrogens is 1. The zero-order valence-corrected chi connectivity index (χ0v) is 17.1. The molecule has 27 heavy (non-hydrogen) atoms. The monoisotopic (exact) mass is 411 g/mol. The number of thiazole rings is 1. The number of nitrogens with zero attached hydrogens (tertiary/aromatic N) is 2. The Labute approximate surface area is 170 Å². The molecule has 1 saturated heterocycles. The van der Waals surface area contributed by atoms with E-state index in [0.717, 1.165) is 40.7 Å². The van der Waals surface area contributed by atoms with E-state index in [0.29, 0.717) is 26.2 Å². The number of carbonyl (C=O) groups excluding carboxylic acids is 1. The molecular formula is C19H26ClN3O3S. The fraction of sp³-hybridized carbons (Fsp3) is 0.474. The molecule has 1 unspecified atom stereocenters. The van der Waals surface area contributed by atoms with Gasteiger partial charge in [0.15, 0.2) is 0 Å². The molecule has 2 heterocycles. The number of esters is 1. The van der Waals surface area contributed by atoms with Gasteiger partial charge >= 0.3 is 5.97 Å². The summed E-state index contributed by atoms with van der Waals surface area (Å²) in [7, 11) is 2.03. The molecule has 0 amide bonds. The van der Waals surface area contributed by atoms with Crippen molar-refractivity contribution in [3.63, 3.8) is 0 Å². The first-order chi connectivity index (χ1) is 12.7. The average molecular weight is 412 g/mol. The van der Waals surface area contributed by atoms with Crippen LogP contribution in [0.1, 0.15) is 17.7 Å². The van der Waals surface area contributed by atoms with Gasteiger partial charge in [-0.15, -0.1) is 23.7 Å². The molecule has 1 atom stereocenters. The Morgan fingerprint density at radius 2 is 2.11 bits per heavy atom. The zero-order valence-electron chi connectivity index (χ0n) is 15.4. The fourth-order valence-corrected chi connectivity index (χ4v) is 3.69. The average Bonchev–Trinajstić information content (AvgIpc) is 3.31. The molecule has 1 fully saturated rings. The lowest BCUT2D eigenvalue weighted by molar-refractivity contribution is -0.148. The predicted octanol–water partition coefficient (Wildman–Crippen LogP) is 2.95. The largest absolute Gasteiger partial charge is 0.493 e. The number of hydrogen-bond acceptors (Lipinski definition) is 7. The topological polar surface area (TPSA) is 77.7 Å². The second-order valence-electron chi connectivity index (χ2n) is 6.48. The van der Waals surface area contributed by atoms with Crippen molar-refractivity contribution >= 4 is 29.7 Å². The van der Waals surface area contributed by atoms with Gasteiger partial charge in [-0.2, -0.15) is 0 Å². The lowest BCUT2D eigenvalue weighted by Gasteiger charge is -2.11. The van der Waals surface area contributed by atoms with Crippen LogP contribution >= 0.6 is 23.7 Å². The maximum Gasteiger partial charge on any atom is 0.310 e. The van der Waals surface area contributed by atoms with E-state index in [1.807, 2.05) is 37.5 Å². The maximum absolute atomic E-state index is 11.9. The normalized spacial score (nSPS) is 16.7. The van der Waals surface area contributed by atoms with Crippen LogP contribution in [0, 0.1) is 5.92 Å². The zero-order chi connectivity index (χ0) is 18.4. The highest BCUT2D eigenvalue weighted by Gasteiger charge is 2.27. The first-order valence-corrected chi connectivity index (χ1v) is 9.70. The molecule has 1 aliphatic heterocycles. The first kappa shape index (κ1) is 21.6. The summed E-state index contributed by atoms with van der Waals surface area (Å²) in [6.45, 7) is 3.20. The quantitative estimate of drug-likeness (QED) is 0.531. The highest BCUT2D eigenvalue weighted by atomic mass is 35.5. The van der Waals surface area contributed by atoms with Gasteiger partial charge in [-0.25, -0.2) is 4.98 Å². The smallest absolute Gasteiger partial charge is 0.310 e. The number of hydrogen-bond donors (Lipinski definition) is 1. The summed E-state index contributed by atoms with van der Waals surface area (Å²) in [6, 6.07) is 7.84. The van der Waals surface area contributed by atoms with Crippen LogP contribution in [0.15, 0.2) is 30.5 Å². The molecule has 8 heteroatoms. The van der Waals surface area contributed by atoms with Gasteiger partial charge < -0.3 is 20.1 Å². The minimum Gasteiger partial charge on any atom is -0.493 e. The number of ether oxygens (including phenoxy) is 2. The predicted molar refractivity (Wildman–Crippen MR) is 109 cm³/mol. The summed E-state index contributed by atoms with van der Waals surface area (Å²) in [5.74, 6) is 0.742. The van der Waals surface area contributed by atoms with Gasteiger partial charge in [-0.3, -0.25) is 4.79 Å². The molecule has 3 rings (SSSR count). The molecule has 1 aliphatic rings. The van der Waals surface area contributed by atoms with Crippen LogP contribution in [0.25, 0.3) is 10.6 Å². The third-order valence-corrected chi connectivity index (χ3v) is 5.45. The molecule has 0 saturated carbocycles. The molecule has 0 radical (unpaired) electrons. The molecular weight excluding hydrogens is 386 g/mol. The summed E-state index contributed by atoms with van der Waals surface area (Å²) in [5, 5.41) is 0.960. The molecule has 0 spiro atoms. The molecule has 0 aliphatic carbocycles. The van der Waals surface area contributed by atoms with Gasteiger partial charge in [0.25, 0.3) is 0 Å². The summed E-state index contributed by atoms with van der Waals surface area (Å²) in [4.78, 5) is 19.5. The second-order valence-corrected chi connectivity index (χ2v) is 7.59. The number of halogens is 1. The SMILES string of the molecule is CN1CCC(C(=O)OCCCOc2ccc(-c3ncc(CN)s3)cc2)C1.Cl. The lowest BCUT2D eigenvalue weighted by Crippen LogP contribution is -2.22. The van der Waals surface area contributed by atoms with Crippen LogP contribution in [0.3, 0.4) is 0 Å². The highest BCUT2D eigenvalue weighted by molar-refractivity contribution is 7.15. The third kappa shape index (κ3) is 6.17. The number of nitrogens with two attached hydrogens (primary N) is 1. The number of likely N-dealkylation sites (tertiary alicyclic amines) is 1. The Balaban J connectivity index is 0.00000261. The third-order valence-electron chi connectivity index (χ3n) is 4.38. The van der Waals surface area contributed by atoms with Crippen LogP contribution in [0.4, 0.5) is 0 Å². The summed E-state index contributed by atoms with van der Waals surface area (Å²) >= 11 is 1.60. The molecule has 1 aromatic heterocycles. The molecule has 0 bridgehead atoms. The minimum atomic E-state index is -0.0843. The van der Waals surface area contributed by atoms with E-state index in [2.05, 4.69) is 9.88 Å². The van der Waals surface area contributed by atoms with Crippen molar-refractivity contribution in [3.05, 3.63) is 35.3 Å². The molecule has 2 aromatic rings. The van der Waals surface area contributed by atoms with Crippen molar-refractivity contribution in [2.24, 2.45) is 11.7 Å². The van der Waals surface area contributed by atoms with Crippen LogP contribution in [-0.2, 0) is 16.1 Å². The van der Waals surface area contributed by atoms with Crippen molar-refractivity contribution < 1.29 is 14.3 Å². The van der Waals surface area contributed by atoms with Gasteiger partial charge in [0.1, 0.15) is 10.8 Å². The molecule has 6 nitrogen and oxygen atoms in total. The fourth-order valence-electron chi connectivity index (χ4n) is 2.90. The minimum absolute atomic E-state index is 0. The van der Waals surface area contributed by atoms with E-state index in [4.69, 9.17) is 15.2 Å². The van der Waals surface area contributed by atoms with Crippen LogP contribution in [0.5, 0.6) is 5.75 Å². The van der Waals surface area contributed by atoms with E-state index >= 15 is 0 Å². The standard InChI is InChI=1S/C19H25N3O3S.ClH/c1-22-8-7-15(13-22)19(23)25-10-2-9-24-16-5-3-14(4-6-16)18-21-12-17(11-20)26-18;/h3-6,12,15H,2,7-11,13,20H2,1H3;1H. The van der Waals surface area contributed by atoms with Gasteiger partial charge in [0.05, 0.1) is 19.1 Å². The van der Waals surface area contributed by atoms with Crippen molar-refractivity contribution in [1.82, 2.24) is 9.88 Å². The summed E-state index contributed by atoms with van der Waals surface area (Å²) in [5.41, 5.74) is 6.68. The van der Waals surface area contributed by atoms with Crippen molar-refractivity contribution in [1.29, 1.82) is 0 Å². The molecule has 148 valence electrons. The first-order valence-electron chi connectivity index (χ1n) is 8.89. The van der Waals surface area contributed by atoms with E-state index in [1.165, 1.54) is 0 Å². The van der Waals surface area contributed by atoms with E-state index in [1.54, 1.807) is 11.3 Å². The van der Waals surface area contributed by atoms with E-state index in [-0.39, 0.29) is 24.3 Å². The Kier molecular flexibility index (Phi) is 8.50. The van der Waals surface area contributed by atoms with Gasteiger partial charge in [-0.05, 0) is 44.3 Å². The van der Waals surface area contributed by atoms with E-state index < -0.39 is 0 Å². The summed E-state index contributed by atoms with van der Waals surface area (Å²) in [6.07, 6.45) is 3.39. The van der Waals surface area contributed by atoms with Gasteiger partial charge in [-0.1, -0.05) is 0 Å². The number of carbonyl (C=O) groups is 1. The second kappa shape index (κ2) is 10.6. The Morgan fingerprint density at radius 3 is 2.74 bits per heavy atom. The Hall–Kier alpha value is -1.67. The molecule has 1 aromatic carbocycles. The van der Waals surface area contributed by atoms with Gasteiger partial charge in [0.2, 0.25) is 0 Å². The summed E-state index contributed by atoms with van der Waals surface area (Å²) < 4.78 is 11.1. The van der Waals surface area contributed by atoms with Crippen LogP contribution in [-0.4, -0.2) is 49.2 Å². The Morgan fingerprint density at radius 1 is 1.33 bits per heavy atom. The van der Waals surface area contributed by atoms with E-state index in [9.17, 15) is 4.79 Å². The molecule has 2 N–H and O–H groups in total. The number of rotatable bonds is 8. The van der Waals surface area contributed by atoms with Crippen LogP contribution in [0.2, 0.25) is 0 Å².